The molecular formula is C18H30N2. The molecule has 1 atom stereocenters. The molecule has 2 saturated carbocycles. The zero-order valence-corrected chi connectivity index (χ0v) is 12.8. The summed E-state index contributed by atoms with van der Waals surface area (Å²) in [5.74, 6) is 2.89. The number of aromatic nitrogens is 2. The minimum absolute atomic E-state index is 0.896. The largest absolute Gasteiger partial charge is 0.337 e. The highest BCUT2D eigenvalue weighted by Gasteiger charge is 2.27. The molecule has 1 aromatic heterocycles. The standard InChI is InChI=1S/C18H30N2/c1-3-7-16(8-4-1)13-18(14-20-12-11-19-15-20)17-9-5-2-6-10-17/h11-12,15-18H,1-10,13-14H2. The lowest BCUT2D eigenvalue weighted by molar-refractivity contribution is 0.171. The molecule has 0 radical (unpaired) electrons. The highest BCUT2D eigenvalue weighted by Crippen LogP contribution is 2.37. The lowest BCUT2D eigenvalue weighted by atomic mass is 9.73. The topological polar surface area (TPSA) is 17.8 Å². The van der Waals surface area contributed by atoms with Crippen LogP contribution in [0.15, 0.2) is 18.7 Å². The Kier molecular flexibility index (Phi) is 5.16. The van der Waals surface area contributed by atoms with E-state index in [-0.39, 0.29) is 0 Å². The molecule has 2 heteroatoms. The predicted molar refractivity (Wildman–Crippen MR) is 83.5 cm³/mol. The third-order valence-electron chi connectivity index (χ3n) is 5.68. The van der Waals surface area contributed by atoms with E-state index in [1.165, 1.54) is 77.2 Å². The summed E-state index contributed by atoms with van der Waals surface area (Å²) >= 11 is 0. The summed E-state index contributed by atoms with van der Waals surface area (Å²) in [5, 5.41) is 0. The summed E-state index contributed by atoms with van der Waals surface area (Å²) < 4.78 is 2.32. The van der Waals surface area contributed by atoms with Crippen LogP contribution in [0.4, 0.5) is 0 Å². The second kappa shape index (κ2) is 7.28. The smallest absolute Gasteiger partial charge is 0.0945 e. The molecule has 2 fully saturated rings. The van der Waals surface area contributed by atoms with Crippen LogP contribution in [-0.2, 0) is 6.54 Å². The zero-order valence-electron chi connectivity index (χ0n) is 12.8. The molecule has 0 saturated heterocycles. The van der Waals surface area contributed by atoms with Gasteiger partial charge in [-0.05, 0) is 24.2 Å². The Hall–Kier alpha value is -0.790. The molecule has 3 rings (SSSR count). The highest BCUT2D eigenvalue weighted by atomic mass is 15.0. The van der Waals surface area contributed by atoms with E-state index in [0.29, 0.717) is 0 Å². The van der Waals surface area contributed by atoms with Crippen LogP contribution in [0.1, 0.15) is 70.6 Å². The van der Waals surface area contributed by atoms with Crippen molar-refractivity contribution >= 4 is 0 Å². The number of hydrogen-bond donors (Lipinski definition) is 0. The van der Waals surface area contributed by atoms with E-state index >= 15 is 0 Å². The van der Waals surface area contributed by atoms with Gasteiger partial charge in [0.05, 0.1) is 6.33 Å². The van der Waals surface area contributed by atoms with E-state index in [1.807, 2.05) is 12.5 Å². The molecule has 0 amide bonds. The first-order chi connectivity index (χ1) is 9.92. The van der Waals surface area contributed by atoms with Gasteiger partial charge in [-0.3, -0.25) is 0 Å². The minimum atomic E-state index is 0.896. The summed E-state index contributed by atoms with van der Waals surface area (Å²) in [6, 6.07) is 0. The molecular weight excluding hydrogens is 244 g/mol. The third kappa shape index (κ3) is 3.86. The van der Waals surface area contributed by atoms with E-state index < -0.39 is 0 Å². The summed E-state index contributed by atoms with van der Waals surface area (Å²) in [7, 11) is 0. The first kappa shape index (κ1) is 14.2. The highest BCUT2D eigenvalue weighted by molar-refractivity contribution is 4.82. The van der Waals surface area contributed by atoms with Gasteiger partial charge < -0.3 is 4.57 Å². The van der Waals surface area contributed by atoms with Crippen molar-refractivity contribution in [3.05, 3.63) is 18.7 Å². The second-order valence-electron chi connectivity index (χ2n) is 7.16. The molecule has 1 unspecified atom stereocenters. The van der Waals surface area contributed by atoms with Crippen LogP contribution in [0.5, 0.6) is 0 Å². The van der Waals surface area contributed by atoms with Crippen molar-refractivity contribution in [1.82, 2.24) is 9.55 Å². The molecule has 0 bridgehead atoms. The van der Waals surface area contributed by atoms with Crippen molar-refractivity contribution in [1.29, 1.82) is 0 Å². The van der Waals surface area contributed by atoms with Crippen molar-refractivity contribution in [2.45, 2.75) is 77.2 Å². The van der Waals surface area contributed by atoms with Crippen LogP contribution in [0.3, 0.4) is 0 Å². The molecule has 1 heterocycles. The molecule has 0 aliphatic heterocycles. The summed E-state index contributed by atoms with van der Waals surface area (Å²) in [6.45, 7) is 1.21. The van der Waals surface area contributed by atoms with Crippen molar-refractivity contribution in [3.8, 4) is 0 Å². The normalized spacial score (nSPS) is 23.8. The van der Waals surface area contributed by atoms with Crippen LogP contribution in [0.2, 0.25) is 0 Å². The molecule has 0 spiro atoms. The van der Waals surface area contributed by atoms with Gasteiger partial charge in [-0.25, -0.2) is 4.98 Å². The molecule has 1 aromatic rings. The summed E-state index contributed by atoms with van der Waals surface area (Å²) in [6.07, 6.45) is 22.4. The van der Waals surface area contributed by atoms with Gasteiger partial charge in [0.1, 0.15) is 0 Å². The third-order valence-corrected chi connectivity index (χ3v) is 5.68. The monoisotopic (exact) mass is 274 g/mol. The zero-order chi connectivity index (χ0) is 13.6. The van der Waals surface area contributed by atoms with Crippen LogP contribution >= 0.6 is 0 Å². The van der Waals surface area contributed by atoms with E-state index in [1.54, 1.807) is 0 Å². The van der Waals surface area contributed by atoms with E-state index in [2.05, 4.69) is 15.7 Å². The van der Waals surface area contributed by atoms with Crippen molar-refractivity contribution < 1.29 is 0 Å². The maximum atomic E-state index is 4.23. The molecule has 0 N–H and O–H groups in total. The van der Waals surface area contributed by atoms with Gasteiger partial charge in [0.15, 0.2) is 0 Å². The van der Waals surface area contributed by atoms with Gasteiger partial charge in [-0.1, -0.05) is 64.2 Å². The van der Waals surface area contributed by atoms with Crippen LogP contribution in [0, 0.1) is 17.8 Å². The lowest BCUT2D eigenvalue weighted by Gasteiger charge is -2.34. The predicted octanol–water partition coefficient (Wildman–Crippen LogP) is 5.05. The lowest BCUT2D eigenvalue weighted by Crippen LogP contribution is -2.25. The SMILES string of the molecule is c1cn(CC(CC2CCCCC2)C2CCCCC2)cn1. The van der Waals surface area contributed by atoms with Crippen molar-refractivity contribution in [3.63, 3.8) is 0 Å². The van der Waals surface area contributed by atoms with Crippen LogP contribution < -0.4 is 0 Å². The fourth-order valence-electron chi connectivity index (χ4n) is 4.54. The summed E-state index contributed by atoms with van der Waals surface area (Å²) in [5.41, 5.74) is 0. The first-order valence-corrected chi connectivity index (χ1v) is 8.87. The second-order valence-corrected chi connectivity index (χ2v) is 7.16. The average molecular weight is 274 g/mol. The van der Waals surface area contributed by atoms with Gasteiger partial charge in [-0.15, -0.1) is 0 Å². The number of nitrogens with zero attached hydrogens (tertiary/aromatic N) is 2. The van der Waals surface area contributed by atoms with E-state index in [9.17, 15) is 0 Å². The van der Waals surface area contributed by atoms with Gasteiger partial charge in [0.25, 0.3) is 0 Å². The fourth-order valence-corrected chi connectivity index (χ4v) is 4.54. The minimum Gasteiger partial charge on any atom is -0.337 e. The molecule has 0 aromatic carbocycles. The Balaban J connectivity index is 1.61. The molecule has 20 heavy (non-hydrogen) atoms. The molecule has 2 aliphatic carbocycles. The molecule has 112 valence electrons. The average Bonchev–Trinajstić information content (AvgIpc) is 3.02. The van der Waals surface area contributed by atoms with Crippen molar-refractivity contribution in [2.75, 3.05) is 0 Å². The molecule has 2 aliphatic rings. The Bertz CT molecular complexity index is 359. The Morgan fingerprint density at radius 2 is 1.65 bits per heavy atom. The summed E-state index contributed by atoms with van der Waals surface area (Å²) in [4.78, 5) is 4.23. The fraction of sp³-hybridized carbons (Fsp3) is 0.833. The van der Waals surface area contributed by atoms with E-state index in [4.69, 9.17) is 0 Å². The van der Waals surface area contributed by atoms with Crippen LogP contribution in [-0.4, -0.2) is 9.55 Å². The van der Waals surface area contributed by atoms with Gasteiger partial charge in [0, 0.05) is 18.9 Å². The maximum Gasteiger partial charge on any atom is 0.0945 e. The van der Waals surface area contributed by atoms with Gasteiger partial charge >= 0.3 is 0 Å². The van der Waals surface area contributed by atoms with Crippen molar-refractivity contribution in [2.24, 2.45) is 17.8 Å². The molecule has 2 nitrogen and oxygen atoms in total. The maximum absolute atomic E-state index is 4.23. The first-order valence-electron chi connectivity index (χ1n) is 8.87. The Morgan fingerprint density at radius 1 is 0.950 bits per heavy atom. The Labute approximate surface area is 124 Å². The number of hydrogen-bond acceptors (Lipinski definition) is 1. The van der Waals surface area contributed by atoms with Crippen LogP contribution in [0.25, 0.3) is 0 Å². The number of imidazole rings is 1. The van der Waals surface area contributed by atoms with E-state index in [0.717, 1.165) is 17.8 Å². The quantitative estimate of drug-likeness (QED) is 0.734. The van der Waals surface area contributed by atoms with Gasteiger partial charge in [0.2, 0.25) is 0 Å². The Morgan fingerprint density at radius 3 is 2.30 bits per heavy atom. The van der Waals surface area contributed by atoms with Gasteiger partial charge in [-0.2, -0.15) is 0 Å². The number of rotatable bonds is 5.